The predicted octanol–water partition coefficient (Wildman–Crippen LogP) is 4.22. The fourth-order valence-electron chi connectivity index (χ4n) is 3.42. The van der Waals surface area contributed by atoms with E-state index in [0.29, 0.717) is 0 Å². The summed E-state index contributed by atoms with van der Waals surface area (Å²) < 4.78 is 33.2. The number of carboxylic acid groups (broad SMARTS) is 1. The fraction of sp³-hybridized carbons (Fsp3) is 0.143. The zero-order valence-electron chi connectivity index (χ0n) is 15.0. The van der Waals surface area contributed by atoms with Gasteiger partial charge in [0.25, 0.3) is 5.91 Å². The Morgan fingerprint density at radius 2 is 1.75 bits per heavy atom. The first-order chi connectivity index (χ1) is 13.2. The van der Waals surface area contributed by atoms with Crippen molar-refractivity contribution >= 4 is 28.7 Å². The first-order valence-electron chi connectivity index (χ1n) is 8.47. The SMILES string of the molecule is CC1(C)OC(=C2C(=O)Nc3cc(F)c(F)cc32)C=C1c1ccc(C(=O)O)cc1. The van der Waals surface area contributed by atoms with Crippen LogP contribution in [-0.2, 0) is 9.53 Å². The second-order valence-electron chi connectivity index (χ2n) is 7.06. The van der Waals surface area contributed by atoms with Gasteiger partial charge in [-0.15, -0.1) is 0 Å². The predicted molar refractivity (Wildman–Crippen MR) is 98.5 cm³/mol. The molecule has 0 aliphatic carbocycles. The minimum Gasteiger partial charge on any atom is -0.482 e. The molecule has 0 fully saturated rings. The van der Waals surface area contributed by atoms with Crippen molar-refractivity contribution in [2.45, 2.75) is 19.4 Å². The Morgan fingerprint density at radius 1 is 1.11 bits per heavy atom. The van der Waals surface area contributed by atoms with Crippen LogP contribution >= 0.6 is 0 Å². The van der Waals surface area contributed by atoms with Crippen molar-refractivity contribution in [2.75, 3.05) is 5.32 Å². The van der Waals surface area contributed by atoms with Gasteiger partial charge in [0, 0.05) is 17.2 Å². The third kappa shape index (κ3) is 2.76. The number of allylic oxidation sites excluding steroid dienone is 1. The monoisotopic (exact) mass is 383 g/mol. The van der Waals surface area contributed by atoms with Crippen LogP contribution in [0.1, 0.15) is 35.3 Å². The van der Waals surface area contributed by atoms with Gasteiger partial charge in [0.2, 0.25) is 0 Å². The van der Waals surface area contributed by atoms with Gasteiger partial charge >= 0.3 is 5.97 Å². The minimum absolute atomic E-state index is 0.124. The van der Waals surface area contributed by atoms with Crippen LogP contribution < -0.4 is 5.32 Å². The van der Waals surface area contributed by atoms with E-state index in [1.807, 2.05) is 0 Å². The van der Waals surface area contributed by atoms with Crippen LogP contribution in [0, 0.1) is 11.6 Å². The Kier molecular flexibility index (Phi) is 3.85. The van der Waals surface area contributed by atoms with E-state index >= 15 is 0 Å². The zero-order valence-corrected chi connectivity index (χ0v) is 15.0. The normalized spacial score (nSPS) is 19.7. The lowest BCUT2D eigenvalue weighted by Crippen LogP contribution is -2.21. The van der Waals surface area contributed by atoms with Crippen LogP contribution in [0.15, 0.2) is 48.2 Å². The molecular weight excluding hydrogens is 368 g/mol. The molecule has 2 heterocycles. The number of carbonyl (C=O) groups excluding carboxylic acids is 1. The van der Waals surface area contributed by atoms with Crippen molar-refractivity contribution in [1.82, 2.24) is 0 Å². The van der Waals surface area contributed by atoms with E-state index in [1.54, 1.807) is 32.1 Å². The number of benzene rings is 2. The molecular formula is C21H15F2NO4. The molecule has 0 saturated heterocycles. The topological polar surface area (TPSA) is 75.6 Å². The highest BCUT2D eigenvalue weighted by Crippen LogP contribution is 2.44. The number of ether oxygens (including phenoxy) is 1. The molecule has 2 N–H and O–H groups in total. The van der Waals surface area contributed by atoms with Gasteiger partial charge in [-0.2, -0.15) is 0 Å². The number of halogens is 2. The number of anilines is 1. The molecule has 2 aliphatic heterocycles. The second kappa shape index (κ2) is 6.02. The zero-order chi connectivity index (χ0) is 20.2. The summed E-state index contributed by atoms with van der Waals surface area (Å²) in [4.78, 5) is 23.5. The van der Waals surface area contributed by atoms with E-state index in [0.717, 1.165) is 23.3 Å². The van der Waals surface area contributed by atoms with Crippen molar-refractivity contribution in [1.29, 1.82) is 0 Å². The van der Waals surface area contributed by atoms with E-state index in [9.17, 15) is 18.4 Å². The molecule has 0 aromatic heterocycles. The first-order valence-corrected chi connectivity index (χ1v) is 8.47. The Morgan fingerprint density at radius 3 is 2.39 bits per heavy atom. The smallest absolute Gasteiger partial charge is 0.335 e. The summed E-state index contributed by atoms with van der Waals surface area (Å²) in [5.41, 5.74) is 1.34. The van der Waals surface area contributed by atoms with Crippen molar-refractivity contribution < 1.29 is 28.2 Å². The van der Waals surface area contributed by atoms with Gasteiger partial charge in [-0.25, -0.2) is 13.6 Å². The van der Waals surface area contributed by atoms with Gasteiger partial charge < -0.3 is 15.2 Å². The molecule has 7 heteroatoms. The van der Waals surface area contributed by atoms with E-state index in [1.165, 1.54) is 12.1 Å². The summed E-state index contributed by atoms with van der Waals surface area (Å²) in [5.74, 6) is -3.40. The average Bonchev–Trinajstić information content (AvgIpc) is 3.10. The Labute approximate surface area is 158 Å². The number of rotatable bonds is 2. The summed E-state index contributed by atoms with van der Waals surface area (Å²) in [6.07, 6.45) is 1.67. The molecule has 0 unspecified atom stereocenters. The Bertz CT molecular complexity index is 1100. The van der Waals surface area contributed by atoms with Crippen LogP contribution in [0.25, 0.3) is 11.1 Å². The summed E-state index contributed by atoms with van der Waals surface area (Å²) >= 11 is 0. The molecule has 28 heavy (non-hydrogen) atoms. The average molecular weight is 383 g/mol. The molecule has 0 bridgehead atoms. The highest BCUT2D eigenvalue weighted by atomic mass is 19.2. The summed E-state index contributed by atoms with van der Waals surface area (Å²) in [7, 11) is 0. The van der Waals surface area contributed by atoms with Gasteiger partial charge in [-0.3, -0.25) is 4.79 Å². The summed E-state index contributed by atoms with van der Waals surface area (Å²) in [6.45, 7) is 3.60. The molecule has 0 saturated carbocycles. The number of hydrogen-bond acceptors (Lipinski definition) is 3. The molecule has 2 aromatic carbocycles. The van der Waals surface area contributed by atoms with Crippen LogP contribution in [0.5, 0.6) is 0 Å². The lowest BCUT2D eigenvalue weighted by molar-refractivity contribution is -0.111. The summed E-state index contributed by atoms with van der Waals surface area (Å²) in [6, 6.07) is 8.18. The van der Waals surface area contributed by atoms with Crippen LogP contribution in [0.2, 0.25) is 0 Å². The number of hydrogen-bond donors (Lipinski definition) is 2. The quantitative estimate of drug-likeness (QED) is 0.762. The van der Waals surface area contributed by atoms with Gasteiger partial charge in [-0.05, 0) is 43.7 Å². The molecule has 2 aliphatic rings. The fourth-order valence-corrected chi connectivity index (χ4v) is 3.42. The first kappa shape index (κ1) is 17.9. The molecule has 1 amide bonds. The lowest BCUT2D eigenvalue weighted by atomic mass is 9.91. The van der Waals surface area contributed by atoms with Crippen molar-refractivity contribution in [2.24, 2.45) is 0 Å². The minimum atomic E-state index is -1.06. The van der Waals surface area contributed by atoms with Gasteiger partial charge in [0.05, 0.1) is 16.8 Å². The third-order valence-electron chi connectivity index (χ3n) is 4.78. The number of aromatic carboxylic acids is 1. The summed E-state index contributed by atoms with van der Waals surface area (Å²) in [5, 5.41) is 11.6. The molecule has 0 radical (unpaired) electrons. The maximum Gasteiger partial charge on any atom is 0.335 e. The highest BCUT2D eigenvalue weighted by molar-refractivity contribution is 6.32. The highest BCUT2D eigenvalue weighted by Gasteiger charge is 2.38. The second-order valence-corrected chi connectivity index (χ2v) is 7.06. The lowest BCUT2D eigenvalue weighted by Gasteiger charge is -2.23. The maximum absolute atomic E-state index is 13.7. The molecule has 4 rings (SSSR count). The molecule has 5 nitrogen and oxygen atoms in total. The number of amides is 1. The van der Waals surface area contributed by atoms with Crippen LogP contribution in [-0.4, -0.2) is 22.6 Å². The molecule has 142 valence electrons. The van der Waals surface area contributed by atoms with Gasteiger partial charge in [0.1, 0.15) is 11.4 Å². The molecule has 0 spiro atoms. The number of carbonyl (C=O) groups is 2. The maximum atomic E-state index is 13.7. The van der Waals surface area contributed by atoms with Gasteiger partial charge in [-0.1, -0.05) is 12.1 Å². The third-order valence-corrected chi connectivity index (χ3v) is 4.78. The standard InChI is InChI=1S/C21H15F2NO4/c1-21(2)13(10-3-5-11(6-4-10)20(26)27)8-17(28-21)18-12-7-14(22)15(23)9-16(12)24-19(18)25/h3-9H,1-2H3,(H,24,25)(H,26,27). The van der Waals surface area contributed by atoms with E-state index in [-0.39, 0.29) is 28.1 Å². The van der Waals surface area contributed by atoms with Gasteiger partial charge in [0.15, 0.2) is 11.6 Å². The number of carboxylic acids is 1. The Hall–Kier alpha value is -3.48. The van der Waals surface area contributed by atoms with Crippen LogP contribution in [0.4, 0.5) is 14.5 Å². The van der Waals surface area contributed by atoms with E-state index in [2.05, 4.69) is 5.32 Å². The Balaban J connectivity index is 1.83. The van der Waals surface area contributed by atoms with E-state index in [4.69, 9.17) is 9.84 Å². The molecule has 0 atom stereocenters. The largest absolute Gasteiger partial charge is 0.482 e. The van der Waals surface area contributed by atoms with Crippen molar-refractivity contribution in [3.63, 3.8) is 0 Å². The number of nitrogens with one attached hydrogen (secondary N) is 1. The van der Waals surface area contributed by atoms with Crippen molar-refractivity contribution in [3.05, 3.63) is 76.6 Å². The van der Waals surface area contributed by atoms with Crippen LogP contribution in [0.3, 0.4) is 0 Å². The molecule has 2 aromatic rings. The number of fused-ring (bicyclic) bond motifs is 1. The van der Waals surface area contributed by atoms with Crippen molar-refractivity contribution in [3.8, 4) is 0 Å². The van der Waals surface area contributed by atoms with E-state index < -0.39 is 29.1 Å².